The summed E-state index contributed by atoms with van der Waals surface area (Å²) >= 11 is 1.32. The van der Waals surface area contributed by atoms with Gasteiger partial charge in [-0.25, -0.2) is 4.98 Å². The van der Waals surface area contributed by atoms with Crippen LogP contribution in [0.25, 0.3) is 11.3 Å². The summed E-state index contributed by atoms with van der Waals surface area (Å²) in [7, 11) is 0. The van der Waals surface area contributed by atoms with E-state index < -0.39 is 0 Å². The van der Waals surface area contributed by atoms with Crippen molar-refractivity contribution in [3.8, 4) is 11.3 Å². The van der Waals surface area contributed by atoms with Crippen LogP contribution in [0.15, 0.2) is 72.8 Å². The van der Waals surface area contributed by atoms with Gasteiger partial charge in [0.25, 0.3) is 5.91 Å². The molecular weight excluding hydrogens is 482 g/mol. The molecule has 4 aromatic rings. The Labute approximate surface area is 220 Å². The third-order valence-corrected chi connectivity index (χ3v) is 7.44. The smallest absolute Gasteiger partial charge is 0.251 e. The van der Waals surface area contributed by atoms with Gasteiger partial charge in [0.1, 0.15) is 4.88 Å². The molecule has 3 aromatic carbocycles. The minimum absolute atomic E-state index is 0.0323. The van der Waals surface area contributed by atoms with Gasteiger partial charge in [-0.1, -0.05) is 72.0 Å². The maximum Gasteiger partial charge on any atom is 0.251 e. The molecule has 188 valence electrons. The lowest BCUT2D eigenvalue weighted by Gasteiger charge is -2.10. The van der Waals surface area contributed by atoms with Crippen LogP contribution < -0.4 is 10.6 Å². The molecule has 0 spiro atoms. The second-order valence-corrected chi connectivity index (χ2v) is 10.4. The average molecular weight is 512 g/mol. The van der Waals surface area contributed by atoms with Gasteiger partial charge in [0.05, 0.1) is 12.3 Å². The van der Waals surface area contributed by atoms with E-state index in [1.807, 2.05) is 79.7 Å². The Balaban J connectivity index is 1.43. The number of carbonyl (C=O) groups excluding carboxylic acids is 2. The normalized spacial score (nSPS) is 12.8. The number of aliphatic hydroxyl groups is 1. The Morgan fingerprint density at radius 1 is 1.00 bits per heavy atom. The Bertz CT molecular complexity index is 1410. The largest absolute Gasteiger partial charge is 0.392 e. The van der Waals surface area contributed by atoms with Crippen LogP contribution >= 0.6 is 11.3 Å². The molecule has 1 heterocycles. The summed E-state index contributed by atoms with van der Waals surface area (Å²) in [5.41, 5.74) is 5.70. The van der Waals surface area contributed by atoms with Crippen molar-refractivity contribution in [1.29, 1.82) is 0 Å². The molecule has 1 amide bonds. The van der Waals surface area contributed by atoms with Crippen molar-refractivity contribution >= 4 is 33.8 Å². The monoisotopic (exact) mass is 511 g/mol. The van der Waals surface area contributed by atoms with Crippen molar-refractivity contribution in [2.24, 2.45) is 0 Å². The first-order valence-corrected chi connectivity index (χ1v) is 13.3. The van der Waals surface area contributed by atoms with Gasteiger partial charge in [-0.05, 0) is 55.0 Å². The van der Waals surface area contributed by atoms with Crippen LogP contribution in [0, 0.1) is 6.92 Å². The summed E-state index contributed by atoms with van der Waals surface area (Å²) in [5, 5.41) is 16.4. The highest BCUT2D eigenvalue weighted by Gasteiger charge is 2.24. The van der Waals surface area contributed by atoms with Crippen LogP contribution in [0.1, 0.15) is 56.0 Å². The molecule has 3 N–H and O–H groups in total. The predicted octanol–water partition coefficient (Wildman–Crippen LogP) is 6.06. The Kier molecular flexibility index (Phi) is 7.44. The van der Waals surface area contributed by atoms with Crippen LogP contribution in [0.4, 0.5) is 10.8 Å². The Morgan fingerprint density at radius 2 is 1.76 bits per heavy atom. The van der Waals surface area contributed by atoms with Gasteiger partial charge in [0.2, 0.25) is 0 Å². The lowest BCUT2D eigenvalue weighted by molar-refractivity contribution is 0.0949. The van der Waals surface area contributed by atoms with Crippen molar-refractivity contribution < 1.29 is 14.7 Å². The highest BCUT2D eigenvalue weighted by Crippen LogP contribution is 2.35. The highest BCUT2D eigenvalue weighted by atomic mass is 32.1. The summed E-state index contributed by atoms with van der Waals surface area (Å²) < 4.78 is 0. The molecule has 0 atom stereocenters. The van der Waals surface area contributed by atoms with Crippen LogP contribution in [-0.4, -0.2) is 27.8 Å². The minimum Gasteiger partial charge on any atom is -0.392 e. The molecule has 0 radical (unpaired) electrons. The van der Waals surface area contributed by atoms with Crippen molar-refractivity contribution in [2.45, 2.75) is 45.3 Å². The Hall–Kier alpha value is -3.81. The van der Waals surface area contributed by atoms with Crippen molar-refractivity contribution in [1.82, 2.24) is 10.3 Å². The number of hydrogen-bond acceptors (Lipinski definition) is 6. The van der Waals surface area contributed by atoms with E-state index >= 15 is 0 Å². The van der Waals surface area contributed by atoms with Crippen LogP contribution in [0.5, 0.6) is 0 Å². The molecule has 37 heavy (non-hydrogen) atoms. The number of nitrogens with one attached hydrogen (secondary N) is 2. The molecule has 1 aromatic heterocycles. The third-order valence-electron chi connectivity index (χ3n) is 6.43. The number of carbonyl (C=O) groups is 2. The van der Waals surface area contributed by atoms with E-state index in [-0.39, 0.29) is 24.3 Å². The number of benzene rings is 3. The van der Waals surface area contributed by atoms with E-state index in [1.54, 1.807) is 0 Å². The standard InChI is InChI=1S/C30H29N3O3S/c1-19-7-11-23(29(36)31-24-14-15-24)17-25(19)32-30-33-27(22-12-8-21(18-34)9-13-22)28(37-30)26(35)16-10-20-5-3-2-4-6-20/h2-9,11-13,17,24,34H,10,14-16,18H2,1H3,(H,31,36)(H,32,33). The molecule has 0 aliphatic heterocycles. The fourth-order valence-corrected chi connectivity index (χ4v) is 5.02. The zero-order chi connectivity index (χ0) is 25.8. The van der Waals surface area contributed by atoms with Crippen LogP contribution in [-0.2, 0) is 13.0 Å². The molecule has 7 heteroatoms. The molecule has 0 saturated heterocycles. The first kappa shape index (κ1) is 24.9. The molecule has 1 aliphatic rings. The first-order chi connectivity index (χ1) is 18.0. The summed E-state index contributed by atoms with van der Waals surface area (Å²) in [4.78, 5) is 31.3. The average Bonchev–Trinajstić information content (AvgIpc) is 3.64. The van der Waals surface area contributed by atoms with Crippen LogP contribution in [0.2, 0.25) is 0 Å². The molecule has 0 bridgehead atoms. The fraction of sp³-hybridized carbons (Fsp3) is 0.233. The molecule has 6 nitrogen and oxygen atoms in total. The SMILES string of the molecule is Cc1ccc(C(=O)NC2CC2)cc1Nc1nc(-c2ccc(CO)cc2)c(C(=O)CCc2ccccc2)s1. The lowest BCUT2D eigenvalue weighted by atomic mass is 10.0. The molecule has 5 rings (SSSR count). The number of aliphatic hydroxyl groups excluding tert-OH is 1. The van der Waals surface area contributed by atoms with E-state index in [4.69, 9.17) is 4.98 Å². The van der Waals surface area contributed by atoms with E-state index in [2.05, 4.69) is 10.6 Å². The van der Waals surface area contributed by atoms with Crippen molar-refractivity contribution in [3.05, 3.63) is 99.9 Å². The first-order valence-electron chi connectivity index (χ1n) is 12.5. The number of anilines is 2. The van der Waals surface area contributed by atoms with Gasteiger partial charge in [-0.15, -0.1) is 0 Å². The number of hydrogen-bond donors (Lipinski definition) is 3. The summed E-state index contributed by atoms with van der Waals surface area (Å²) in [5.74, 6) is -0.0453. The number of Topliss-reactive ketones (excluding diaryl/α,β-unsaturated/α-hetero) is 1. The van der Waals surface area contributed by atoms with Crippen molar-refractivity contribution in [2.75, 3.05) is 5.32 Å². The number of ketones is 1. The van der Waals surface area contributed by atoms with E-state index in [0.717, 1.165) is 40.8 Å². The molecular formula is C30H29N3O3S. The number of aromatic nitrogens is 1. The molecule has 1 aliphatic carbocycles. The van der Waals surface area contributed by atoms with E-state index in [1.165, 1.54) is 11.3 Å². The zero-order valence-electron chi connectivity index (χ0n) is 20.7. The van der Waals surface area contributed by atoms with Gasteiger partial charge in [0, 0.05) is 29.3 Å². The van der Waals surface area contributed by atoms with Crippen LogP contribution in [0.3, 0.4) is 0 Å². The van der Waals surface area contributed by atoms with Gasteiger partial charge < -0.3 is 15.7 Å². The lowest BCUT2D eigenvalue weighted by Crippen LogP contribution is -2.25. The summed E-state index contributed by atoms with van der Waals surface area (Å²) in [6.07, 6.45) is 3.10. The Morgan fingerprint density at radius 3 is 2.46 bits per heavy atom. The number of amides is 1. The van der Waals surface area contributed by atoms with E-state index in [0.29, 0.717) is 34.1 Å². The topological polar surface area (TPSA) is 91.3 Å². The number of rotatable bonds is 10. The molecule has 0 unspecified atom stereocenters. The van der Waals surface area contributed by atoms with Gasteiger partial charge in [0.15, 0.2) is 10.9 Å². The van der Waals surface area contributed by atoms with Gasteiger partial charge in [-0.2, -0.15) is 0 Å². The fourth-order valence-electron chi connectivity index (χ4n) is 4.05. The van der Waals surface area contributed by atoms with Gasteiger partial charge in [-0.3, -0.25) is 9.59 Å². The summed E-state index contributed by atoms with van der Waals surface area (Å²) in [6.45, 7) is 1.93. The molecule has 1 fully saturated rings. The zero-order valence-corrected chi connectivity index (χ0v) is 21.5. The highest BCUT2D eigenvalue weighted by molar-refractivity contribution is 7.18. The molecule has 1 saturated carbocycles. The number of aryl methyl sites for hydroxylation is 2. The second kappa shape index (κ2) is 11.1. The summed E-state index contributed by atoms with van der Waals surface area (Å²) in [6, 6.07) is 23.3. The minimum atomic E-state index is -0.0777. The maximum atomic E-state index is 13.4. The number of thiazole rings is 1. The predicted molar refractivity (Wildman–Crippen MR) is 148 cm³/mol. The quantitative estimate of drug-likeness (QED) is 0.225. The van der Waals surface area contributed by atoms with Crippen molar-refractivity contribution in [3.63, 3.8) is 0 Å². The van der Waals surface area contributed by atoms with E-state index in [9.17, 15) is 14.7 Å². The third kappa shape index (κ3) is 6.13. The second-order valence-electron chi connectivity index (χ2n) is 9.36. The number of nitrogens with zero attached hydrogens (tertiary/aromatic N) is 1. The maximum absolute atomic E-state index is 13.4. The van der Waals surface area contributed by atoms with Gasteiger partial charge >= 0.3 is 0 Å².